The molecule has 2 heterocycles. The van der Waals surface area contributed by atoms with Crippen LogP contribution in [0.5, 0.6) is 0 Å². The van der Waals surface area contributed by atoms with Gasteiger partial charge in [0.25, 0.3) is 0 Å². The molecule has 84 valence electrons. The zero-order chi connectivity index (χ0) is 11.0. The zero-order valence-electron chi connectivity index (χ0n) is 9.03. The highest BCUT2D eigenvalue weighted by Crippen LogP contribution is 2.22. The number of nitrogens with zero attached hydrogens (tertiary/aromatic N) is 1. The van der Waals surface area contributed by atoms with E-state index in [0.29, 0.717) is 13.2 Å². The van der Waals surface area contributed by atoms with Crippen molar-refractivity contribution in [1.29, 1.82) is 0 Å². The minimum atomic E-state index is -0.277. The van der Waals surface area contributed by atoms with E-state index in [1.54, 1.807) is 4.90 Å². The van der Waals surface area contributed by atoms with Gasteiger partial charge < -0.3 is 9.64 Å². The summed E-state index contributed by atoms with van der Waals surface area (Å²) in [5.41, 5.74) is 0. The second-order valence-electron chi connectivity index (χ2n) is 4.28. The summed E-state index contributed by atoms with van der Waals surface area (Å²) >= 11 is 0. The Morgan fingerprint density at radius 2 is 2.13 bits per heavy atom. The highest BCUT2D eigenvalue weighted by atomic mass is 16.5. The maximum absolute atomic E-state index is 11.6. The first-order valence-electron chi connectivity index (χ1n) is 5.32. The van der Waals surface area contributed by atoms with Crippen molar-refractivity contribution < 1.29 is 14.3 Å². The van der Waals surface area contributed by atoms with Crippen LogP contribution in [0, 0.1) is 5.92 Å². The Labute approximate surface area is 88.8 Å². The zero-order valence-corrected chi connectivity index (χ0v) is 9.03. The largest absolute Gasteiger partial charge is 0.376 e. The molecule has 0 aromatic heterocycles. The predicted octanol–water partition coefficient (Wildman–Crippen LogP) is 0.352. The number of carbonyl (C=O) groups is 2. The van der Waals surface area contributed by atoms with Gasteiger partial charge in [-0.25, -0.2) is 4.79 Å². The lowest BCUT2D eigenvalue weighted by atomic mass is 10.0. The molecule has 3 unspecified atom stereocenters. The topological polar surface area (TPSA) is 58.6 Å². The average molecular weight is 212 g/mol. The van der Waals surface area contributed by atoms with E-state index in [1.807, 2.05) is 13.8 Å². The minimum absolute atomic E-state index is 0.0659. The monoisotopic (exact) mass is 212 g/mol. The molecule has 0 aliphatic carbocycles. The summed E-state index contributed by atoms with van der Waals surface area (Å²) in [5.74, 6) is -0.307. The van der Waals surface area contributed by atoms with Gasteiger partial charge in [0.1, 0.15) is 0 Å². The SMILES string of the molecule is CC1CN(C2CCOC2C)C(=O)NC1=O. The van der Waals surface area contributed by atoms with Crippen molar-refractivity contribution in [2.75, 3.05) is 13.2 Å². The van der Waals surface area contributed by atoms with E-state index in [2.05, 4.69) is 5.32 Å². The Kier molecular flexibility index (Phi) is 2.65. The van der Waals surface area contributed by atoms with E-state index >= 15 is 0 Å². The van der Waals surface area contributed by atoms with E-state index in [4.69, 9.17) is 4.74 Å². The molecule has 0 saturated carbocycles. The van der Waals surface area contributed by atoms with Gasteiger partial charge >= 0.3 is 6.03 Å². The van der Waals surface area contributed by atoms with E-state index in [9.17, 15) is 9.59 Å². The number of imide groups is 1. The maximum atomic E-state index is 11.6. The van der Waals surface area contributed by atoms with E-state index < -0.39 is 0 Å². The van der Waals surface area contributed by atoms with Gasteiger partial charge in [-0.1, -0.05) is 6.92 Å². The smallest absolute Gasteiger partial charge is 0.324 e. The highest BCUT2D eigenvalue weighted by molar-refractivity contribution is 5.97. The number of hydrogen-bond acceptors (Lipinski definition) is 3. The number of hydrogen-bond donors (Lipinski definition) is 1. The van der Waals surface area contributed by atoms with Crippen LogP contribution >= 0.6 is 0 Å². The van der Waals surface area contributed by atoms with Crippen molar-refractivity contribution in [3.05, 3.63) is 0 Å². The van der Waals surface area contributed by atoms with E-state index in [1.165, 1.54) is 0 Å². The fraction of sp³-hybridized carbons (Fsp3) is 0.800. The van der Waals surface area contributed by atoms with Crippen LogP contribution in [0.2, 0.25) is 0 Å². The molecule has 2 fully saturated rings. The normalized spacial score (nSPS) is 36.9. The molecule has 3 amide bonds. The van der Waals surface area contributed by atoms with Crippen molar-refractivity contribution in [2.24, 2.45) is 5.92 Å². The lowest BCUT2D eigenvalue weighted by molar-refractivity contribution is -0.125. The molecule has 0 aromatic rings. The van der Waals surface area contributed by atoms with Gasteiger partial charge in [0, 0.05) is 13.2 Å². The molecule has 0 radical (unpaired) electrons. The second kappa shape index (κ2) is 3.81. The third-order valence-corrected chi connectivity index (χ3v) is 3.15. The molecular formula is C10H16N2O3. The first-order chi connectivity index (χ1) is 7.09. The molecule has 0 bridgehead atoms. The van der Waals surface area contributed by atoms with Crippen molar-refractivity contribution >= 4 is 11.9 Å². The highest BCUT2D eigenvalue weighted by Gasteiger charge is 2.38. The van der Waals surface area contributed by atoms with Crippen LogP contribution in [-0.2, 0) is 9.53 Å². The summed E-state index contributed by atoms with van der Waals surface area (Å²) in [6, 6.07) is -0.166. The van der Waals surface area contributed by atoms with Crippen LogP contribution in [-0.4, -0.2) is 42.1 Å². The van der Waals surface area contributed by atoms with Crippen molar-refractivity contribution in [3.63, 3.8) is 0 Å². The van der Waals surface area contributed by atoms with Crippen LogP contribution < -0.4 is 5.32 Å². The van der Waals surface area contributed by atoms with Gasteiger partial charge in [-0.2, -0.15) is 0 Å². The summed E-state index contributed by atoms with van der Waals surface area (Å²) in [6.07, 6.45) is 0.923. The van der Waals surface area contributed by atoms with Crippen molar-refractivity contribution in [2.45, 2.75) is 32.4 Å². The molecular weight excluding hydrogens is 196 g/mol. The molecule has 3 atom stereocenters. The Bertz CT molecular complexity index is 292. The van der Waals surface area contributed by atoms with Gasteiger partial charge in [-0.3, -0.25) is 10.1 Å². The van der Waals surface area contributed by atoms with E-state index in [-0.39, 0.29) is 30.0 Å². The predicted molar refractivity (Wildman–Crippen MR) is 53.2 cm³/mol. The number of urea groups is 1. The molecule has 0 spiro atoms. The number of carbonyl (C=O) groups excluding carboxylic acids is 2. The summed E-state index contributed by atoms with van der Waals surface area (Å²) in [4.78, 5) is 24.6. The van der Waals surface area contributed by atoms with Crippen molar-refractivity contribution in [1.82, 2.24) is 10.2 Å². The van der Waals surface area contributed by atoms with Gasteiger partial charge in [-0.15, -0.1) is 0 Å². The fourth-order valence-electron chi connectivity index (χ4n) is 2.18. The molecule has 5 heteroatoms. The van der Waals surface area contributed by atoms with Crippen molar-refractivity contribution in [3.8, 4) is 0 Å². The van der Waals surface area contributed by atoms with Gasteiger partial charge in [0.15, 0.2) is 0 Å². The number of nitrogens with one attached hydrogen (secondary N) is 1. The molecule has 5 nitrogen and oxygen atoms in total. The Balaban J connectivity index is 2.08. The number of ether oxygens (including phenoxy) is 1. The summed E-state index contributed by atoms with van der Waals surface area (Å²) in [7, 11) is 0. The molecule has 2 aliphatic heterocycles. The molecule has 1 N–H and O–H groups in total. The van der Waals surface area contributed by atoms with Gasteiger partial charge in [-0.05, 0) is 13.3 Å². The Morgan fingerprint density at radius 1 is 1.40 bits per heavy atom. The summed E-state index contributed by atoms with van der Waals surface area (Å²) in [6.45, 7) is 4.99. The molecule has 2 saturated heterocycles. The first kappa shape index (κ1) is 10.4. The van der Waals surface area contributed by atoms with Gasteiger partial charge in [0.2, 0.25) is 5.91 Å². The standard InChI is InChI=1S/C10H16N2O3/c1-6-5-12(10(14)11-9(6)13)8-3-4-15-7(8)2/h6-8H,3-5H2,1-2H3,(H,11,13,14). The quantitative estimate of drug-likeness (QED) is 0.682. The lowest BCUT2D eigenvalue weighted by Gasteiger charge is -2.35. The molecule has 15 heavy (non-hydrogen) atoms. The van der Waals surface area contributed by atoms with Crippen LogP contribution in [0.25, 0.3) is 0 Å². The van der Waals surface area contributed by atoms with E-state index in [0.717, 1.165) is 6.42 Å². The van der Waals surface area contributed by atoms with Crippen LogP contribution in [0.15, 0.2) is 0 Å². The fourth-order valence-corrected chi connectivity index (χ4v) is 2.18. The van der Waals surface area contributed by atoms with Crippen LogP contribution in [0.1, 0.15) is 20.3 Å². The molecule has 0 aromatic carbocycles. The average Bonchev–Trinajstić information content (AvgIpc) is 2.58. The number of amides is 3. The first-order valence-corrected chi connectivity index (χ1v) is 5.32. The third kappa shape index (κ3) is 1.84. The minimum Gasteiger partial charge on any atom is -0.376 e. The van der Waals surface area contributed by atoms with Crippen LogP contribution in [0.4, 0.5) is 4.79 Å². The Hall–Kier alpha value is -1.10. The lowest BCUT2D eigenvalue weighted by Crippen LogP contribution is -2.58. The molecule has 2 rings (SSSR count). The van der Waals surface area contributed by atoms with Crippen LogP contribution in [0.3, 0.4) is 0 Å². The maximum Gasteiger partial charge on any atom is 0.324 e. The van der Waals surface area contributed by atoms with Gasteiger partial charge in [0.05, 0.1) is 18.1 Å². The molecule has 2 aliphatic rings. The summed E-state index contributed by atoms with van der Waals surface area (Å²) < 4.78 is 5.42. The number of rotatable bonds is 1. The summed E-state index contributed by atoms with van der Waals surface area (Å²) in [5, 5.41) is 2.37. The third-order valence-electron chi connectivity index (χ3n) is 3.15. The second-order valence-corrected chi connectivity index (χ2v) is 4.28. The Morgan fingerprint density at radius 3 is 2.73 bits per heavy atom.